The molecule has 0 fully saturated rings. The van der Waals surface area contributed by atoms with Gasteiger partial charge >= 0.3 is 13.9 Å². The first-order valence-corrected chi connectivity index (χ1v) is 10.5. The molecule has 136 valence electrons. The summed E-state index contributed by atoms with van der Waals surface area (Å²) in [4.78, 5) is 8.89. The summed E-state index contributed by atoms with van der Waals surface area (Å²) in [5.41, 5.74) is 0.435. The molecule has 0 bridgehead atoms. The first kappa shape index (κ1) is 21.1. The lowest BCUT2D eigenvalue weighted by molar-refractivity contribution is 0.243. The SMILES string of the molecule is CCCCCCCCCCCCOc1ccc(C(O)[P+](=O)O)cc1. The maximum Gasteiger partial charge on any atom is 0.542 e. The Morgan fingerprint density at radius 2 is 1.42 bits per heavy atom. The molecule has 0 saturated heterocycles. The second-order valence-electron chi connectivity index (χ2n) is 6.28. The van der Waals surface area contributed by atoms with Crippen molar-refractivity contribution in [1.82, 2.24) is 0 Å². The molecule has 0 aliphatic carbocycles. The number of benzene rings is 1. The van der Waals surface area contributed by atoms with Crippen LogP contribution < -0.4 is 4.74 Å². The monoisotopic (exact) mass is 355 g/mol. The zero-order valence-electron chi connectivity index (χ0n) is 14.8. The molecule has 4 nitrogen and oxygen atoms in total. The standard InChI is InChI=1S/C19H31O4P/c1-2-3-4-5-6-7-8-9-10-11-16-23-18-14-12-17(13-15-18)19(20)24(21)22/h12-15,19-20H,2-11,16H2,1H3/p+1. The lowest BCUT2D eigenvalue weighted by Crippen LogP contribution is -1.98. The van der Waals surface area contributed by atoms with Crippen LogP contribution in [0.1, 0.15) is 82.5 Å². The molecule has 5 heteroatoms. The summed E-state index contributed by atoms with van der Waals surface area (Å²) < 4.78 is 16.5. The van der Waals surface area contributed by atoms with E-state index in [2.05, 4.69) is 6.92 Å². The molecule has 1 rings (SSSR count). The highest BCUT2D eigenvalue weighted by Crippen LogP contribution is 2.35. The maximum atomic E-state index is 10.8. The third-order valence-corrected chi connectivity index (χ3v) is 4.87. The van der Waals surface area contributed by atoms with Gasteiger partial charge in [-0.25, -0.2) is 0 Å². The molecule has 0 aliphatic heterocycles. The van der Waals surface area contributed by atoms with Crippen LogP contribution in [-0.2, 0) is 4.57 Å². The molecule has 0 radical (unpaired) electrons. The van der Waals surface area contributed by atoms with Gasteiger partial charge < -0.3 is 9.84 Å². The minimum atomic E-state index is -2.61. The molecule has 0 saturated carbocycles. The highest BCUT2D eigenvalue weighted by molar-refractivity contribution is 7.38. The number of aliphatic hydroxyl groups excluding tert-OH is 1. The van der Waals surface area contributed by atoms with Gasteiger partial charge in [0.15, 0.2) is 0 Å². The van der Waals surface area contributed by atoms with E-state index in [1.54, 1.807) is 24.3 Å². The first-order valence-electron chi connectivity index (χ1n) is 9.21. The van der Waals surface area contributed by atoms with Gasteiger partial charge in [-0.05, 0) is 35.3 Å². The Balaban J connectivity index is 2.02. The average molecular weight is 355 g/mol. The summed E-state index contributed by atoms with van der Waals surface area (Å²) in [6.07, 6.45) is 13.0. The molecule has 2 atom stereocenters. The minimum absolute atomic E-state index is 0.435. The van der Waals surface area contributed by atoms with E-state index in [-0.39, 0.29) is 0 Å². The highest BCUT2D eigenvalue weighted by atomic mass is 31.1. The van der Waals surface area contributed by atoms with E-state index >= 15 is 0 Å². The fourth-order valence-corrected chi connectivity index (χ4v) is 3.07. The molecule has 2 N–H and O–H groups in total. The van der Waals surface area contributed by atoms with Crippen LogP contribution in [0.25, 0.3) is 0 Å². The van der Waals surface area contributed by atoms with Crippen molar-refractivity contribution in [3.63, 3.8) is 0 Å². The molecule has 0 heterocycles. The van der Waals surface area contributed by atoms with Crippen molar-refractivity contribution < 1.29 is 19.3 Å². The maximum absolute atomic E-state index is 10.8. The molecule has 24 heavy (non-hydrogen) atoms. The Bertz CT molecular complexity index is 447. The van der Waals surface area contributed by atoms with Crippen molar-refractivity contribution >= 4 is 8.03 Å². The number of unbranched alkanes of at least 4 members (excludes halogenated alkanes) is 9. The third kappa shape index (κ3) is 9.36. The van der Waals surface area contributed by atoms with E-state index in [9.17, 15) is 9.67 Å². The Hall–Kier alpha value is -0.960. The van der Waals surface area contributed by atoms with E-state index in [0.29, 0.717) is 12.2 Å². The number of aliphatic hydroxyl groups is 1. The number of ether oxygens (including phenoxy) is 1. The Morgan fingerprint density at radius 3 is 1.92 bits per heavy atom. The van der Waals surface area contributed by atoms with E-state index in [0.717, 1.165) is 12.2 Å². The van der Waals surface area contributed by atoms with Gasteiger partial charge in [0.25, 0.3) is 0 Å². The van der Waals surface area contributed by atoms with Crippen LogP contribution in [0.15, 0.2) is 24.3 Å². The summed E-state index contributed by atoms with van der Waals surface area (Å²) in [6.45, 7) is 2.93. The van der Waals surface area contributed by atoms with Gasteiger partial charge in [-0.15, -0.1) is 0 Å². The quantitative estimate of drug-likeness (QED) is 0.331. The van der Waals surface area contributed by atoms with E-state index in [1.807, 2.05) is 0 Å². The average Bonchev–Trinajstić information content (AvgIpc) is 2.59. The highest BCUT2D eigenvalue weighted by Gasteiger charge is 2.27. The molecule has 0 aromatic heterocycles. The molecule has 0 spiro atoms. The van der Waals surface area contributed by atoms with Crippen LogP contribution in [0.5, 0.6) is 5.75 Å². The summed E-state index contributed by atoms with van der Waals surface area (Å²) >= 11 is 0. The molecular weight excluding hydrogens is 323 g/mol. The van der Waals surface area contributed by atoms with Crippen LogP contribution in [0.3, 0.4) is 0 Å². The lowest BCUT2D eigenvalue weighted by atomic mass is 10.1. The largest absolute Gasteiger partial charge is 0.542 e. The molecule has 0 aliphatic rings. The van der Waals surface area contributed by atoms with Crippen molar-refractivity contribution in [2.75, 3.05) is 6.61 Å². The van der Waals surface area contributed by atoms with Crippen molar-refractivity contribution in [2.24, 2.45) is 0 Å². The minimum Gasteiger partial charge on any atom is -0.494 e. The molecule has 1 aromatic rings. The van der Waals surface area contributed by atoms with Crippen LogP contribution in [0, 0.1) is 0 Å². The van der Waals surface area contributed by atoms with Gasteiger partial charge in [-0.3, -0.25) is 0 Å². The van der Waals surface area contributed by atoms with Gasteiger partial charge in [0.05, 0.1) is 6.61 Å². The zero-order chi connectivity index (χ0) is 17.6. The second-order valence-corrected chi connectivity index (χ2v) is 7.37. The normalized spacial score (nSPS) is 12.9. The van der Waals surface area contributed by atoms with E-state index < -0.39 is 13.9 Å². The lowest BCUT2D eigenvalue weighted by Gasteiger charge is -2.07. The summed E-state index contributed by atoms with van der Waals surface area (Å²) in [5, 5.41) is 9.49. The van der Waals surface area contributed by atoms with Gasteiger partial charge in [-0.2, -0.15) is 4.89 Å². The fourth-order valence-electron chi connectivity index (χ4n) is 2.64. The Kier molecular flexibility index (Phi) is 11.7. The fraction of sp³-hybridized carbons (Fsp3) is 0.684. The van der Waals surface area contributed by atoms with Gasteiger partial charge in [-0.1, -0.05) is 64.7 Å². The predicted molar refractivity (Wildman–Crippen MR) is 98.6 cm³/mol. The van der Waals surface area contributed by atoms with Crippen LogP contribution in [-0.4, -0.2) is 16.6 Å². The Labute approximate surface area is 147 Å². The van der Waals surface area contributed by atoms with Gasteiger partial charge in [0.2, 0.25) is 0 Å². The molecular formula is C19H32O4P+. The van der Waals surface area contributed by atoms with Crippen molar-refractivity contribution in [1.29, 1.82) is 0 Å². The zero-order valence-corrected chi connectivity index (χ0v) is 15.7. The van der Waals surface area contributed by atoms with Crippen LogP contribution in [0.2, 0.25) is 0 Å². The van der Waals surface area contributed by atoms with Crippen molar-refractivity contribution in [3.05, 3.63) is 29.8 Å². The number of rotatable bonds is 14. The van der Waals surface area contributed by atoms with Crippen molar-refractivity contribution in [2.45, 2.75) is 77.0 Å². The topological polar surface area (TPSA) is 66.8 Å². The van der Waals surface area contributed by atoms with Gasteiger partial charge in [0.1, 0.15) is 5.75 Å². The second kappa shape index (κ2) is 13.3. The van der Waals surface area contributed by atoms with Crippen LogP contribution in [0.4, 0.5) is 0 Å². The summed E-state index contributed by atoms with van der Waals surface area (Å²) in [6, 6.07) is 6.71. The first-order chi connectivity index (χ1) is 11.6. The number of hydrogen-bond acceptors (Lipinski definition) is 3. The van der Waals surface area contributed by atoms with Gasteiger partial charge in [0, 0.05) is 5.56 Å². The molecule has 0 amide bonds. The van der Waals surface area contributed by atoms with Crippen LogP contribution >= 0.6 is 8.03 Å². The Morgan fingerprint density at radius 1 is 0.917 bits per heavy atom. The predicted octanol–water partition coefficient (Wildman–Crippen LogP) is 5.71. The molecule has 2 unspecified atom stereocenters. The summed E-state index contributed by atoms with van der Waals surface area (Å²) in [7, 11) is -2.61. The molecule has 1 aromatic carbocycles. The van der Waals surface area contributed by atoms with Crippen molar-refractivity contribution in [3.8, 4) is 5.75 Å². The smallest absolute Gasteiger partial charge is 0.494 e. The van der Waals surface area contributed by atoms with E-state index in [1.165, 1.54) is 57.8 Å². The third-order valence-electron chi connectivity index (χ3n) is 4.15. The number of hydrogen-bond donors (Lipinski definition) is 2. The van der Waals surface area contributed by atoms with E-state index in [4.69, 9.17) is 9.63 Å². The summed E-state index contributed by atoms with van der Waals surface area (Å²) in [5.74, 6) is -0.592.